The molecule has 1 aliphatic carbocycles. The molecule has 4 radical (unpaired) electrons. The zero-order valence-corrected chi connectivity index (χ0v) is 6.88. The zero-order valence-electron chi connectivity index (χ0n) is 6.88. The molecule has 0 heterocycles. The van der Waals surface area contributed by atoms with E-state index in [9.17, 15) is 0 Å². The van der Waals surface area contributed by atoms with Gasteiger partial charge < -0.3 is 0 Å². The fraction of sp³-hybridized carbons (Fsp3) is 0. The first kappa shape index (κ1) is 10.9. The summed E-state index contributed by atoms with van der Waals surface area (Å²) < 4.78 is 0. The van der Waals surface area contributed by atoms with Crippen LogP contribution in [0.4, 0.5) is 0 Å². The molecule has 0 unspecified atom stereocenters. The molecule has 0 aliphatic heterocycles. The van der Waals surface area contributed by atoms with Gasteiger partial charge in [0.05, 0.1) is 0 Å². The molecule has 2 heteroatoms. The van der Waals surface area contributed by atoms with Crippen LogP contribution in [0.5, 0.6) is 0 Å². The number of hydrogen-bond donors (Lipinski definition) is 0. The molecule has 0 nitrogen and oxygen atoms in total. The predicted octanol–water partition coefficient (Wildman–Crippen LogP) is 1.95. The Morgan fingerprint density at radius 2 is 2.17 bits per heavy atom. The van der Waals surface area contributed by atoms with E-state index in [1.165, 1.54) is 5.56 Å². The van der Waals surface area contributed by atoms with Crippen molar-refractivity contribution in [3.8, 4) is 0 Å². The molecule has 1 aliphatic rings. The van der Waals surface area contributed by atoms with E-state index in [1.54, 1.807) is 0 Å². The topological polar surface area (TPSA) is 0 Å². The molecule has 1 aromatic rings. The van der Waals surface area contributed by atoms with Crippen molar-refractivity contribution in [1.29, 1.82) is 0 Å². The van der Waals surface area contributed by atoms with Crippen LogP contribution in [-0.2, 0) is 0 Å². The van der Waals surface area contributed by atoms with Crippen LogP contribution in [0.25, 0.3) is 6.08 Å². The predicted molar refractivity (Wildman–Crippen MR) is 57.0 cm³/mol. The molecule has 54 valence electrons. The van der Waals surface area contributed by atoms with E-state index in [1.807, 2.05) is 24.3 Å². The molecule has 1 aromatic carbocycles. The summed E-state index contributed by atoms with van der Waals surface area (Å²) in [4.78, 5) is 0. The van der Waals surface area contributed by atoms with E-state index in [4.69, 9.17) is 0 Å². The Kier molecular flexibility index (Phi) is 4.33. The molecule has 0 amide bonds. The molecule has 0 spiro atoms. The summed E-state index contributed by atoms with van der Waals surface area (Å²) in [5, 5.41) is 0. The van der Waals surface area contributed by atoms with E-state index in [0.29, 0.717) is 0 Å². The van der Waals surface area contributed by atoms with Crippen molar-refractivity contribution in [1.82, 2.24) is 0 Å². The van der Waals surface area contributed by atoms with Gasteiger partial charge in [-0.25, -0.2) is 0 Å². The van der Waals surface area contributed by atoms with E-state index in [0.717, 1.165) is 5.56 Å². The van der Waals surface area contributed by atoms with Gasteiger partial charge >= 0.3 is 0 Å². The molecular formula is C10H10Be2. The Balaban J connectivity index is -0.000000302. The maximum Gasteiger partial charge on any atom is 0.0315 e. The minimum atomic E-state index is 0. The standard InChI is InChI=1S/C10H6.2Be.2H2/c1-2-6-10-8-4-3-7-9(10)5-1;;;;/h1-5,7H;;;2*1H. The number of hydrogen-bond acceptors (Lipinski definition) is 0. The Morgan fingerprint density at radius 3 is 2.92 bits per heavy atom. The molecule has 0 atom stereocenters. The van der Waals surface area contributed by atoms with Crippen LogP contribution < -0.4 is 0 Å². The maximum absolute atomic E-state index is 3.10. The number of rotatable bonds is 0. The second-order valence-electron chi connectivity index (χ2n) is 2.17. The van der Waals surface area contributed by atoms with Crippen molar-refractivity contribution in [3.63, 3.8) is 0 Å². The summed E-state index contributed by atoms with van der Waals surface area (Å²) in [6.45, 7) is 0. The summed E-state index contributed by atoms with van der Waals surface area (Å²) >= 11 is 0. The minimum absolute atomic E-state index is 0. The number of benzene rings is 1. The van der Waals surface area contributed by atoms with Crippen LogP contribution >= 0.6 is 0 Å². The van der Waals surface area contributed by atoms with Crippen molar-refractivity contribution in [3.05, 3.63) is 53.6 Å². The summed E-state index contributed by atoms with van der Waals surface area (Å²) in [7, 11) is 0. The van der Waals surface area contributed by atoms with Gasteiger partial charge in [0.15, 0.2) is 0 Å². The van der Waals surface area contributed by atoms with Gasteiger partial charge in [-0.2, -0.15) is 0 Å². The smallest absolute Gasteiger partial charge is 0.0315 e. The number of fused-ring (bicyclic) bond motifs is 1. The first-order chi connectivity index (χ1) is 4.97. The SMILES string of the molecule is [Be].[Be].[C+]1=CC=Cc2ccc[c-]c21.[HH].[HH]. The summed E-state index contributed by atoms with van der Waals surface area (Å²) in [5.74, 6) is 0. The molecular weight excluding hydrogens is 138 g/mol. The van der Waals surface area contributed by atoms with Gasteiger partial charge in [-0.05, 0) is 17.7 Å². The zero-order chi connectivity index (χ0) is 6.81. The first-order valence-electron chi connectivity index (χ1n) is 3.24. The van der Waals surface area contributed by atoms with Gasteiger partial charge in [0.25, 0.3) is 0 Å². The van der Waals surface area contributed by atoms with Crippen molar-refractivity contribution in [2.75, 3.05) is 0 Å². The second kappa shape index (κ2) is 4.75. The first-order valence-corrected chi connectivity index (χ1v) is 3.24. The average molecular weight is 148 g/mol. The molecule has 0 N–H and O–H groups in total. The van der Waals surface area contributed by atoms with E-state index in [2.05, 4.69) is 24.3 Å². The Bertz CT molecular complexity index is 278. The van der Waals surface area contributed by atoms with Crippen LogP contribution in [0, 0.1) is 12.1 Å². The van der Waals surface area contributed by atoms with Crippen LogP contribution in [-0.4, -0.2) is 20.2 Å². The van der Waals surface area contributed by atoms with Gasteiger partial charge in [0.2, 0.25) is 0 Å². The van der Waals surface area contributed by atoms with E-state index >= 15 is 0 Å². The Hall–Kier alpha value is -1.05. The molecule has 12 heavy (non-hydrogen) atoms. The monoisotopic (exact) mass is 148 g/mol. The maximum atomic E-state index is 3.10. The third kappa shape index (κ3) is 1.97. The Labute approximate surface area is 83.4 Å². The third-order valence-corrected chi connectivity index (χ3v) is 1.49. The minimum Gasteiger partial charge on any atom is -0.112 e. The summed E-state index contributed by atoms with van der Waals surface area (Å²) in [5.41, 5.74) is 2.26. The van der Waals surface area contributed by atoms with Crippen LogP contribution in [0.2, 0.25) is 0 Å². The van der Waals surface area contributed by atoms with Gasteiger partial charge in [-0.3, -0.25) is 0 Å². The van der Waals surface area contributed by atoms with E-state index < -0.39 is 0 Å². The fourth-order valence-electron chi connectivity index (χ4n) is 0.997. The van der Waals surface area contributed by atoms with Gasteiger partial charge in [-0.1, -0.05) is 30.4 Å². The molecule has 0 saturated heterocycles. The van der Waals surface area contributed by atoms with Crippen molar-refractivity contribution in [2.24, 2.45) is 0 Å². The summed E-state index contributed by atoms with van der Waals surface area (Å²) in [6, 6.07) is 9.04. The van der Waals surface area contributed by atoms with Crippen LogP contribution in [0.3, 0.4) is 0 Å². The molecule has 2 rings (SSSR count). The van der Waals surface area contributed by atoms with Crippen molar-refractivity contribution in [2.45, 2.75) is 0 Å². The number of allylic oxidation sites excluding steroid dienone is 2. The molecule has 0 aromatic heterocycles. The van der Waals surface area contributed by atoms with Crippen molar-refractivity contribution < 1.29 is 2.85 Å². The quantitative estimate of drug-likeness (QED) is 0.389. The van der Waals surface area contributed by atoms with E-state index in [-0.39, 0.29) is 23.1 Å². The average Bonchev–Trinajstić information content (AvgIpc) is 2.05. The molecule has 0 saturated carbocycles. The molecule has 0 fully saturated rings. The van der Waals surface area contributed by atoms with Crippen LogP contribution in [0.15, 0.2) is 30.4 Å². The largest absolute Gasteiger partial charge is 0.112 e. The fourth-order valence-corrected chi connectivity index (χ4v) is 0.997. The van der Waals surface area contributed by atoms with Crippen LogP contribution in [0.1, 0.15) is 14.0 Å². The van der Waals surface area contributed by atoms with Crippen molar-refractivity contribution >= 4 is 26.3 Å². The Morgan fingerprint density at radius 1 is 1.33 bits per heavy atom. The second-order valence-corrected chi connectivity index (χ2v) is 2.17. The van der Waals surface area contributed by atoms with Gasteiger partial charge in [0.1, 0.15) is 0 Å². The third-order valence-electron chi connectivity index (χ3n) is 1.49. The summed E-state index contributed by atoms with van der Waals surface area (Å²) in [6.07, 6.45) is 9.04. The van der Waals surface area contributed by atoms with Gasteiger partial charge in [-0.15, -0.1) is 6.08 Å². The molecule has 0 bridgehead atoms. The normalized spacial score (nSPS) is 10.3. The van der Waals surface area contributed by atoms with Gasteiger partial charge in [0, 0.05) is 28.7 Å².